The molecular weight excluding hydrogens is 289 g/mol. The molecule has 0 unspecified atom stereocenters. The van der Waals surface area contributed by atoms with E-state index in [4.69, 9.17) is 4.74 Å². The molecule has 1 atom stereocenters. The predicted molar refractivity (Wildman–Crippen MR) is 86.3 cm³/mol. The highest BCUT2D eigenvalue weighted by atomic mass is 32.2. The van der Waals surface area contributed by atoms with Crippen molar-refractivity contribution in [3.05, 3.63) is 30.1 Å². The van der Waals surface area contributed by atoms with Crippen molar-refractivity contribution in [1.29, 1.82) is 0 Å². The molecule has 0 aliphatic heterocycles. The molecule has 0 heterocycles. The zero-order valence-corrected chi connectivity index (χ0v) is 13.9. The first-order valence-electron chi connectivity index (χ1n) is 7.16. The van der Waals surface area contributed by atoms with Crippen molar-refractivity contribution in [2.45, 2.75) is 45.0 Å². The largest absolute Gasteiger partial charge is 0.478 e. The number of hydrogen-bond acceptors (Lipinski definition) is 3. The number of benzene rings is 1. The molecule has 0 aliphatic rings. The van der Waals surface area contributed by atoms with Gasteiger partial charge in [0.2, 0.25) is 0 Å². The Morgan fingerprint density at radius 1 is 1.38 bits per heavy atom. The van der Waals surface area contributed by atoms with Gasteiger partial charge < -0.3 is 10.1 Å². The smallest absolute Gasteiger partial charge is 0.261 e. The third kappa shape index (κ3) is 6.85. The average molecular weight is 313 g/mol. The van der Waals surface area contributed by atoms with Crippen LogP contribution in [0.3, 0.4) is 0 Å². The summed E-state index contributed by atoms with van der Waals surface area (Å²) in [4.78, 5) is 12.0. The van der Waals surface area contributed by atoms with Crippen molar-refractivity contribution in [3.63, 3.8) is 0 Å². The zero-order chi connectivity index (χ0) is 15.9. The molecule has 0 bridgehead atoms. The van der Waals surface area contributed by atoms with E-state index in [1.807, 2.05) is 6.92 Å². The van der Waals surface area contributed by atoms with Gasteiger partial charge in [-0.05, 0) is 18.6 Å². The van der Waals surface area contributed by atoms with E-state index in [0.717, 1.165) is 5.75 Å². The second kappa shape index (κ2) is 8.27. The summed E-state index contributed by atoms with van der Waals surface area (Å²) in [6, 6.07) is 6.12. The number of hydrogen-bond donors (Lipinski definition) is 1. The van der Waals surface area contributed by atoms with Crippen LogP contribution in [0.25, 0.3) is 0 Å². The van der Waals surface area contributed by atoms with Gasteiger partial charge in [-0.2, -0.15) is 11.8 Å². The SMILES string of the molecule is CC[C@H](Oc1ccccc1F)C(=O)NCCSC(C)(C)C. The molecule has 21 heavy (non-hydrogen) atoms. The summed E-state index contributed by atoms with van der Waals surface area (Å²) in [5.74, 6) is 0.302. The van der Waals surface area contributed by atoms with Gasteiger partial charge in [-0.25, -0.2) is 4.39 Å². The van der Waals surface area contributed by atoms with Gasteiger partial charge in [0.25, 0.3) is 5.91 Å². The monoisotopic (exact) mass is 313 g/mol. The van der Waals surface area contributed by atoms with Gasteiger partial charge in [-0.3, -0.25) is 4.79 Å². The maximum atomic E-state index is 13.5. The lowest BCUT2D eigenvalue weighted by molar-refractivity contribution is -0.128. The number of carbonyl (C=O) groups is 1. The summed E-state index contributed by atoms with van der Waals surface area (Å²) in [5.41, 5.74) is 0. The van der Waals surface area contributed by atoms with Gasteiger partial charge in [-0.1, -0.05) is 39.8 Å². The number of ether oxygens (including phenoxy) is 1. The summed E-state index contributed by atoms with van der Waals surface area (Å²) < 4.78 is 19.2. The van der Waals surface area contributed by atoms with E-state index < -0.39 is 11.9 Å². The fraction of sp³-hybridized carbons (Fsp3) is 0.562. The van der Waals surface area contributed by atoms with Crippen LogP contribution >= 0.6 is 11.8 Å². The lowest BCUT2D eigenvalue weighted by Crippen LogP contribution is -2.39. The first-order chi connectivity index (χ1) is 9.83. The Kier molecular flexibility index (Phi) is 7.02. The lowest BCUT2D eigenvalue weighted by Gasteiger charge is -2.19. The summed E-state index contributed by atoms with van der Waals surface area (Å²) >= 11 is 1.79. The third-order valence-electron chi connectivity index (χ3n) is 2.71. The van der Waals surface area contributed by atoms with Crippen LogP contribution in [0.5, 0.6) is 5.75 Å². The first kappa shape index (κ1) is 17.8. The number of carbonyl (C=O) groups excluding carboxylic acids is 1. The van der Waals surface area contributed by atoms with Gasteiger partial charge in [0.1, 0.15) is 0 Å². The summed E-state index contributed by atoms with van der Waals surface area (Å²) in [7, 11) is 0. The second-order valence-electron chi connectivity index (χ2n) is 5.70. The van der Waals surface area contributed by atoms with E-state index in [1.54, 1.807) is 23.9 Å². The van der Waals surface area contributed by atoms with Crippen molar-refractivity contribution >= 4 is 17.7 Å². The molecule has 0 aliphatic carbocycles. The van der Waals surface area contributed by atoms with Gasteiger partial charge in [0.15, 0.2) is 17.7 Å². The number of halogens is 1. The van der Waals surface area contributed by atoms with Gasteiger partial charge in [0.05, 0.1) is 0 Å². The Morgan fingerprint density at radius 2 is 2.05 bits per heavy atom. The van der Waals surface area contributed by atoms with Crippen LogP contribution in [0.1, 0.15) is 34.1 Å². The van der Waals surface area contributed by atoms with E-state index in [9.17, 15) is 9.18 Å². The van der Waals surface area contributed by atoms with Crippen LogP contribution in [0, 0.1) is 5.82 Å². The Morgan fingerprint density at radius 3 is 2.62 bits per heavy atom. The predicted octanol–water partition coefficient (Wildman–Crippen LogP) is 3.63. The maximum Gasteiger partial charge on any atom is 0.261 e. The molecular formula is C16H24FNO2S. The second-order valence-corrected chi connectivity index (χ2v) is 7.62. The molecule has 0 radical (unpaired) electrons. The molecule has 1 amide bonds. The molecule has 5 heteroatoms. The molecule has 0 spiro atoms. The van der Waals surface area contributed by atoms with Gasteiger partial charge in [0, 0.05) is 17.0 Å². The van der Waals surface area contributed by atoms with Gasteiger partial charge in [-0.15, -0.1) is 0 Å². The van der Waals surface area contributed by atoms with Crippen molar-refractivity contribution in [2.24, 2.45) is 0 Å². The minimum Gasteiger partial charge on any atom is -0.478 e. The van der Waals surface area contributed by atoms with Crippen molar-refractivity contribution in [3.8, 4) is 5.75 Å². The number of para-hydroxylation sites is 1. The molecule has 0 fully saturated rings. The zero-order valence-electron chi connectivity index (χ0n) is 13.1. The van der Waals surface area contributed by atoms with Crippen molar-refractivity contribution in [1.82, 2.24) is 5.32 Å². The normalized spacial score (nSPS) is 12.8. The highest BCUT2D eigenvalue weighted by Crippen LogP contribution is 2.22. The minimum absolute atomic E-state index is 0.114. The molecule has 1 rings (SSSR count). The number of amides is 1. The van der Waals surface area contributed by atoms with E-state index >= 15 is 0 Å². The molecule has 0 saturated carbocycles. The molecule has 3 nitrogen and oxygen atoms in total. The Bertz CT molecular complexity index is 460. The van der Waals surface area contributed by atoms with E-state index in [2.05, 4.69) is 26.1 Å². The summed E-state index contributed by atoms with van der Waals surface area (Å²) in [5, 5.41) is 2.84. The Hall–Kier alpha value is -1.23. The topological polar surface area (TPSA) is 38.3 Å². The van der Waals surface area contributed by atoms with Crippen LogP contribution in [-0.2, 0) is 4.79 Å². The van der Waals surface area contributed by atoms with Crippen molar-refractivity contribution < 1.29 is 13.9 Å². The highest BCUT2D eigenvalue weighted by molar-refractivity contribution is 8.00. The summed E-state index contributed by atoms with van der Waals surface area (Å²) in [6.07, 6.45) is -0.173. The third-order valence-corrected chi connectivity index (χ3v) is 3.98. The molecule has 0 aromatic heterocycles. The standard InChI is InChI=1S/C16H24FNO2S/c1-5-13(20-14-9-7-6-8-12(14)17)15(19)18-10-11-21-16(2,3)4/h6-9,13H,5,10-11H2,1-4H3,(H,18,19)/t13-/m0/s1. The molecule has 118 valence electrons. The van der Waals surface area contributed by atoms with Crippen LogP contribution in [-0.4, -0.2) is 29.1 Å². The quantitative estimate of drug-likeness (QED) is 0.781. The molecule has 1 aromatic carbocycles. The summed E-state index contributed by atoms with van der Waals surface area (Å²) in [6.45, 7) is 8.83. The fourth-order valence-electron chi connectivity index (χ4n) is 1.66. The Labute approximate surface area is 130 Å². The number of thioether (sulfide) groups is 1. The molecule has 0 saturated heterocycles. The first-order valence-corrected chi connectivity index (χ1v) is 8.15. The van der Waals surface area contributed by atoms with Gasteiger partial charge >= 0.3 is 0 Å². The van der Waals surface area contributed by atoms with Crippen molar-refractivity contribution in [2.75, 3.05) is 12.3 Å². The average Bonchev–Trinajstić information content (AvgIpc) is 2.41. The number of nitrogens with one attached hydrogen (secondary N) is 1. The minimum atomic E-state index is -0.665. The fourth-order valence-corrected chi connectivity index (χ4v) is 2.48. The van der Waals surface area contributed by atoms with Crippen LogP contribution in [0.4, 0.5) is 4.39 Å². The molecule has 1 N–H and O–H groups in total. The van der Waals surface area contributed by atoms with Crippen LogP contribution in [0.2, 0.25) is 0 Å². The maximum absolute atomic E-state index is 13.5. The van der Waals surface area contributed by atoms with Crippen LogP contribution in [0.15, 0.2) is 24.3 Å². The Balaban J connectivity index is 2.45. The van der Waals surface area contributed by atoms with E-state index in [-0.39, 0.29) is 16.4 Å². The lowest BCUT2D eigenvalue weighted by atomic mass is 10.2. The number of rotatable bonds is 7. The highest BCUT2D eigenvalue weighted by Gasteiger charge is 2.19. The van der Waals surface area contributed by atoms with Crippen LogP contribution < -0.4 is 10.1 Å². The van der Waals surface area contributed by atoms with E-state index in [0.29, 0.717) is 13.0 Å². The van der Waals surface area contributed by atoms with E-state index in [1.165, 1.54) is 12.1 Å². The molecule has 1 aromatic rings.